The number of amides is 1. The first-order valence-corrected chi connectivity index (χ1v) is 7.33. The van der Waals surface area contributed by atoms with Gasteiger partial charge in [0.15, 0.2) is 0 Å². The smallest absolute Gasteiger partial charge is 0.240 e. The van der Waals surface area contributed by atoms with E-state index in [1.165, 1.54) is 0 Å². The standard InChI is InChI=1S/C14H23N5O/c1-3-6-11-17-12(16-4-2)9-13(18-11)19-8-5-7-10(19)14(15)20/h9-10H,3-8H2,1-2H3,(H2,15,20)(H,16,17,18). The molecule has 1 aliphatic heterocycles. The van der Waals surface area contributed by atoms with Gasteiger partial charge in [0.2, 0.25) is 5.91 Å². The lowest BCUT2D eigenvalue weighted by molar-refractivity contribution is -0.119. The van der Waals surface area contributed by atoms with Crippen LogP contribution in [0.5, 0.6) is 0 Å². The Balaban J connectivity index is 2.31. The van der Waals surface area contributed by atoms with Crippen LogP contribution < -0.4 is 16.0 Å². The van der Waals surface area contributed by atoms with E-state index in [9.17, 15) is 4.79 Å². The fourth-order valence-corrected chi connectivity index (χ4v) is 2.57. The average Bonchev–Trinajstić information content (AvgIpc) is 2.88. The van der Waals surface area contributed by atoms with E-state index in [0.29, 0.717) is 0 Å². The molecule has 2 rings (SSSR count). The Bertz CT molecular complexity index is 452. The Morgan fingerprint density at radius 2 is 2.30 bits per heavy atom. The van der Waals surface area contributed by atoms with Crippen LogP contribution in [0.25, 0.3) is 0 Å². The Kier molecular flexibility index (Phi) is 4.76. The molecule has 1 fully saturated rings. The van der Waals surface area contributed by atoms with Crippen LogP contribution in [0.15, 0.2) is 6.07 Å². The third kappa shape index (κ3) is 3.18. The minimum absolute atomic E-state index is 0.242. The van der Waals surface area contributed by atoms with Gasteiger partial charge in [-0.3, -0.25) is 4.79 Å². The van der Waals surface area contributed by atoms with Gasteiger partial charge in [-0.1, -0.05) is 6.92 Å². The van der Waals surface area contributed by atoms with Crippen LogP contribution >= 0.6 is 0 Å². The predicted molar refractivity (Wildman–Crippen MR) is 79.8 cm³/mol. The maximum Gasteiger partial charge on any atom is 0.240 e. The van der Waals surface area contributed by atoms with Crippen molar-refractivity contribution in [2.45, 2.75) is 45.6 Å². The van der Waals surface area contributed by atoms with Crippen molar-refractivity contribution < 1.29 is 4.79 Å². The zero-order valence-corrected chi connectivity index (χ0v) is 12.2. The highest BCUT2D eigenvalue weighted by molar-refractivity contribution is 5.84. The summed E-state index contributed by atoms with van der Waals surface area (Å²) < 4.78 is 0. The van der Waals surface area contributed by atoms with Gasteiger partial charge in [0.25, 0.3) is 0 Å². The molecule has 2 heterocycles. The molecule has 1 aliphatic rings. The van der Waals surface area contributed by atoms with Gasteiger partial charge in [-0.25, -0.2) is 9.97 Å². The lowest BCUT2D eigenvalue weighted by Gasteiger charge is -2.24. The van der Waals surface area contributed by atoms with Crippen LogP contribution in [0.2, 0.25) is 0 Å². The first-order valence-electron chi connectivity index (χ1n) is 7.33. The van der Waals surface area contributed by atoms with Crippen LogP contribution in [-0.4, -0.2) is 35.0 Å². The molecule has 0 radical (unpaired) electrons. The summed E-state index contributed by atoms with van der Waals surface area (Å²) >= 11 is 0. The number of carbonyl (C=O) groups is 1. The normalized spacial score (nSPS) is 18.3. The quantitative estimate of drug-likeness (QED) is 0.819. The summed E-state index contributed by atoms with van der Waals surface area (Å²) in [6, 6.07) is 1.66. The van der Waals surface area contributed by atoms with E-state index < -0.39 is 0 Å². The second-order valence-electron chi connectivity index (χ2n) is 5.06. The fraction of sp³-hybridized carbons (Fsp3) is 0.643. The van der Waals surface area contributed by atoms with Crippen LogP contribution in [0.4, 0.5) is 11.6 Å². The summed E-state index contributed by atoms with van der Waals surface area (Å²) in [6.07, 6.45) is 3.60. The van der Waals surface area contributed by atoms with E-state index >= 15 is 0 Å². The molecule has 1 aromatic heterocycles. The molecule has 1 atom stereocenters. The highest BCUT2D eigenvalue weighted by Crippen LogP contribution is 2.25. The summed E-state index contributed by atoms with van der Waals surface area (Å²) in [5.74, 6) is 2.16. The SMILES string of the molecule is CCCc1nc(NCC)cc(N2CCCC2C(N)=O)n1. The van der Waals surface area contributed by atoms with Crippen molar-refractivity contribution in [3.8, 4) is 0 Å². The minimum Gasteiger partial charge on any atom is -0.370 e. The summed E-state index contributed by atoms with van der Waals surface area (Å²) in [5.41, 5.74) is 5.48. The molecule has 1 saturated heterocycles. The Morgan fingerprint density at radius 3 is 2.95 bits per heavy atom. The first-order chi connectivity index (χ1) is 9.65. The third-order valence-corrected chi connectivity index (χ3v) is 3.47. The molecule has 110 valence electrons. The second-order valence-corrected chi connectivity index (χ2v) is 5.06. The molecular formula is C14H23N5O. The maximum atomic E-state index is 11.5. The van der Waals surface area contributed by atoms with E-state index in [-0.39, 0.29) is 11.9 Å². The van der Waals surface area contributed by atoms with Crippen molar-refractivity contribution in [2.75, 3.05) is 23.3 Å². The van der Waals surface area contributed by atoms with Crippen molar-refractivity contribution in [2.24, 2.45) is 5.73 Å². The van der Waals surface area contributed by atoms with Crippen LogP contribution in [-0.2, 0) is 11.2 Å². The van der Waals surface area contributed by atoms with Crippen molar-refractivity contribution in [1.29, 1.82) is 0 Å². The fourth-order valence-electron chi connectivity index (χ4n) is 2.57. The summed E-state index contributed by atoms with van der Waals surface area (Å²) in [6.45, 7) is 5.76. The van der Waals surface area contributed by atoms with Crippen LogP contribution in [0, 0.1) is 0 Å². The number of hydrogen-bond donors (Lipinski definition) is 2. The molecule has 1 amide bonds. The number of aryl methyl sites for hydroxylation is 1. The van der Waals surface area contributed by atoms with E-state index in [1.54, 1.807) is 0 Å². The van der Waals surface area contributed by atoms with Gasteiger partial charge < -0.3 is 16.0 Å². The maximum absolute atomic E-state index is 11.5. The third-order valence-electron chi connectivity index (χ3n) is 3.47. The lowest BCUT2D eigenvalue weighted by Crippen LogP contribution is -2.40. The molecule has 6 heteroatoms. The monoisotopic (exact) mass is 277 g/mol. The van der Waals surface area contributed by atoms with E-state index in [1.807, 2.05) is 17.9 Å². The van der Waals surface area contributed by atoms with Gasteiger partial charge >= 0.3 is 0 Å². The molecule has 6 nitrogen and oxygen atoms in total. The van der Waals surface area contributed by atoms with Crippen LogP contribution in [0.1, 0.15) is 38.9 Å². The molecular weight excluding hydrogens is 254 g/mol. The van der Waals surface area contributed by atoms with Gasteiger partial charge in [-0.05, 0) is 26.2 Å². The Hall–Kier alpha value is -1.85. The van der Waals surface area contributed by atoms with Gasteiger partial charge in [-0.15, -0.1) is 0 Å². The second kappa shape index (κ2) is 6.54. The van der Waals surface area contributed by atoms with Gasteiger partial charge in [0, 0.05) is 25.6 Å². The number of nitrogens with one attached hydrogen (secondary N) is 1. The molecule has 0 saturated carbocycles. The molecule has 3 N–H and O–H groups in total. The highest BCUT2D eigenvalue weighted by Gasteiger charge is 2.30. The molecule has 1 unspecified atom stereocenters. The van der Waals surface area contributed by atoms with Gasteiger partial charge in [-0.2, -0.15) is 0 Å². The van der Waals surface area contributed by atoms with Crippen molar-refractivity contribution in [3.63, 3.8) is 0 Å². The molecule has 0 spiro atoms. The Labute approximate surface area is 119 Å². The lowest BCUT2D eigenvalue weighted by atomic mass is 10.2. The van der Waals surface area contributed by atoms with Crippen molar-refractivity contribution >= 4 is 17.5 Å². The topological polar surface area (TPSA) is 84.1 Å². The van der Waals surface area contributed by atoms with Crippen LogP contribution in [0.3, 0.4) is 0 Å². The number of anilines is 2. The summed E-state index contributed by atoms with van der Waals surface area (Å²) in [5, 5.41) is 3.22. The zero-order valence-electron chi connectivity index (χ0n) is 12.2. The number of nitrogens with two attached hydrogens (primary N) is 1. The van der Waals surface area contributed by atoms with E-state index in [0.717, 1.165) is 56.2 Å². The van der Waals surface area contributed by atoms with Crippen molar-refractivity contribution in [1.82, 2.24) is 9.97 Å². The molecule has 0 aromatic carbocycles. The minimum atomic E-state index is -0.275. The number of aromatic nitrogens is 2. The largest absolute Gasteiger partial charge is 0.370 e. The molecule has 0 bridgehead atoms. The molecule has 0 aliphatic carbocycles. The number of carbonyl (C=O) groups excluding carboxylic acids is 1. The Morgan fingerprint density at radius 1 is 1.50 bits per heavy atom. The van der Waals surface area contributed by atoms with Gasteiger partial charge in [0.05, 0.1) is 0 Å². The first kappa shape index (κ1) is 14.6. The van der Waals surface area contributed by atoms with Crippen molar-refractivity contribution in [3.05, 3.63) is 11.9 Å². The number of primary amides is 1. The average molecular weight is 277 g/mol. The van der Waals surface area contributed by atoms with E-state index in [4.69, 9.17) is 5.73 Å². The number of hydrogen-bond acceptors (Lipinski definition) is 5. The summed E-state index contributed by atoms with van der Waals surface area (Å²) in [4.78, 5) is 22.6. The predicted octanol–water partition coefficient (Wildman–Crippen LogP) is 1.31. The highest BCUT2D eigenvalue weighted by atomic mass is 16.1. The van der Waals surface area contributed by atoms with Gasteiger partial charge in [0.1, 0.15) is 23.5 Å². The number of rotatable bonds is 6. The zero-order chi connectivity index (χ0) is 14.5. The van der Waals surface area contributed by atoms with E-state index in [2.05, 4.69) is 22.2 Å². The molecule has 20 heavy (non-hydrogen) atoms. The summed E-state index contributed by atoms with van der Waals surface area (Å²) in [7, 11) is 0. The molecule has 1 aromatic rings. The number of nitrogens with zero attached hydrogens (tertiary/aromatic N) is 3.